The van der Waals surface area contributed by atoms with Gasteiger partial charge in [-0.1, -0.05) is 30.3 Å². The molecule has 0 saturated carbocycles. The number of aromatic amines is 1. The minimum atomic E-state index is -0.0416. The van der Waals surface area contributed by atoms with Gasteiger partial charge in [-0.2, -0.15) is 0 Å². The Bertz CT molecular complexity index is 813. The lowest BCUT2D eigenvalue weighted by molar-refractivity contribution is 0.871. The second-order valence-corrected chi connectivity index (χ2v) is 4.78. The summed E-state index contributed by atoms with van der Waals surface area (Å²) in [5.41, 5.74) is 5.02. The Balaban J connectivity index is 2.42. The van der Waals surface area contributed by atoms with Gasteiger partial charge >= 0.3 is 0 Å². The molecule has 0 bridgehead atoms. The summed E-state index contributed by atoms with van der Waals surface area (Å²) in [4.78, 5) is 17.0. The second-order valence-electron chi connectivity index (χ2n) is 4.78. The molecule has 1 aromatic carbocycles. The molecular weight excluding hydrogens is 238 g/mol. The van der Waals surface area contributed by atoms with Crippen LogP contribution in [0, 0.1) is 20.8 Å². The summed E-state index contributed by atoms with van der Waals surface area (Å²) < 4.78 is 1.52. The zero-order chi connectivity index (χ0) is 13.6. The topological polar surface area (TPSA) is 50.2 Å². The number of rotatable bonds is 1. The summed E-state index contributed by atoms with van der Waals surface area (Å²) in [6, 6.07) is 9.80. The first-order chi connectivity index (χ1) is 9.09. The van der Waals surface area contributed by atoms with Gasteiger partial charge in [0, 0.05) is 22.4 Å². The maximum absolute atomic E-state index is 12.4. The molecule has 3 aromatic rings. The van der Waals surface area contributed by atoms with E-state index in [4.69, 9.17) is 0 Å². The van der Waals surface area contributed by atoms with Gasteiger partial charge in [-0.05, 0) is 20.8 Å². The third-order valence-electron chi connectivity index (χ3n) is 3.53. The molecule has 0 aliphatic carbocycles. The van der Waals surface area contributed by atoms with Crippen molar-refractivity contribution >= 4 is 5.65 Å². The first-order valence-electron chi connectivity index (χ1n) is 6.23. The number of fused-ring (bicyclic) bond motifs is 1. The SMILES string of the molecule is Cc1[nH]n2c(=O)c(C)c(-c3ccccc3)nc2c1C. The molecule has 96 valence electrons. The Morgan fingerprint density at radius 3 is 2.42 bits per heavy atom. The highest BCUT2D eigenvalue weighted by Gasteiger charge is 2.14. The average molecular weight is 253 g/mol. The molecule has 0 fully saturated rings. The Morgan fingerprint density at radius 1 is 1.05 bits per heavy atom. The van der Waals surface area contributed by atoms with E-state index < -0.39 is 0 Å². The first kappa shape index (κ1) is 11.7. The largest absolute Gasteiger partial charge is 0.294 e. The quantitative estimate of drug-likeness (QED) is 0.724. The van der Waals surface area contributed by atoms with Crippen LogP contribution in [0.5, 0.6) is 0 Å². The molecule has 0 unspecified atom stereocenters. The molecular formula is C15H15N3O. The monoisotopic (exact) mass is 253 g/mol. The standard InChI is InChI=1S/C15H15N3O/c1-9-11(3)17-18-14(9)16-13(10(2)15(18)19)12-7-5-4-6-8-12/h4-8,17H,1-3H3. The molecule has 0 radical (unpaired) electrons. The molecule has 2 heterocycles. The zero-order valence-electron chi connectivity index (χ0n) is 11.2. The Morgan fingerprint density at radius 2 is 1.74 bits per heavy atom. The first-order valence-corrected chi connectivity index (χ1v) is 6.23. The number of H-pyrrole nitrogens is 1. The molecule has 0 amide bonds. The molecule has 3 rings (SSSR count). The highest BCUT2D eigenvalue weighted by molar-refractivity contribution is 5.66. The van der Waals surface area contributed by atoms with Gasteiger partial charge in [-0.3, -0.25) is 9.89 Å². The molecule has 4 nitrogen and oxygen atoms in total. The molecule has 19 heavy (non-hydrogen) atoms. The maximum atomic E-state index is 12.4. The fraction of sp³-hybridized carbons (Fsp3) is 0.200. The number of benzene rings is 1. The van der Waals surface area contributed by atoms with Crippen molar-refractivity contribution in [2.24, 2.45) is 0 Å². The summed E-state index contributed by atoms with van der Waals surface area (Å²) >= 11 is 0. The van der Waals surface area contributed by atoms with Crippen LogP contribution >= 0.6 is 0 Å². The maximum Gasteiger partial charge on any atom is 0.276 e. The molecule has 0 atom stereocenters. The van der Waals surface area contributed by atoms with E-state index in [-0.39, 0.29) is 5.56 Å². The third-order valence-corrected chi connectivity index (χ3v) is 3.53. The lowest BCUT2D eigenvalue weighted by Crippen LogP contribution is -2.19. The predicted molar refractivity (Wildman–Crippen MR) is 75.5 cm³/mol. The number of nitrogens with zero attached hydrogens (tertiary/aromatic N) is 2. The Kier molecular flexibility index (Phi) is 2.52. The van der Waals surface area contributed by atoms with Crippen LogP contribution in [0.1, 0.15) is 16.8 Å². The van der Waals surface area contributed by atoms with E-state index in [1.165, 1.54) is 4.52 Å². The third kappa shape index (κ3) is 1.68. The van der Waals surface area contributed by atoms with Crippen molar-refractivity contribution in [1.82, 2.24) is 14.6 Å². The van der Waals surface area contributed by atoms with Gasteiger partial charge in [0.1, 0.15) is 0 Å². The number of aromatic nitrogens is 3. The minimum absolute atomic E-state index is 0.0416. The fourth-order valence-corrected chi connectivity index (χ4v) is 2.26. The van der Waals surface area contributed by atoms with Crippen molar-refractivity contribution in [3.63, 3.8) is 0 Å². The van der Waals surface area contributed by atoms with Gasteiger partial charge in [-0.25, -0.2) is 9.50 Å². The van der Waals surface area contributed by atoms with Gasteiger partial charge in [-0.15, -0.1) is 0 Å². The van der Waals surface area contributed by atoms with Crippen molar-refractivity contribution in [2.45, 2.75) is 20.8 Å². The number of aryl methyl sites for hydroxylation is 2. The summed E-state index contributed by atoms with van der Waals surface area (Å²) in [5.74, 6) is 0. The highest BCUT2D eigenvalue weighted by Crippen LogP contribution is 2.21. The fourth-order valence-electron chi connectivity index (χ4n) is 2.26. The lowest BCUT2D eigenvalue weighted by Gasteiger charge is -2.05. The Labute approximate surface area is 110 Å². The zero-order valence-corrected chi connectivity index (χ0v) is 11.2. The summed E-state index contributed by atoms with van der Waals surface area (Å²) in [6.45, 7) is 5.73. The summed E-state index contributed by atoms with van der Waals surface area (Å²) in [5, 5.41) is 3.06. The highest BCUT2D eigenvalue weighted by atomic mass is 16.1. The molecule has 1 N–H and O–H groups in total. The number of hydrogen-bond acceptors (Lipinski definition) is 2. The van der Waals surface area contributed by atoms with Crippen molar-refractivity contribution in [3.05, 3.63) is 57.5 Å². The Hall–Kier alpha value is -2.36. The van der Waals surface area contributed by atoms with Crippen LogP contribution in [0.4, 0.5) is 0 Å². The van der Waals surface area contributed by atoms with Crippen LogP contribution in [0.25, 0.3) is 16.9 Å². The number of hydrogen-bond donors (Lipinski definition) is 1. The van der Waals surface area contributed by atoms with Crippen LogP contribution in [0.15, 0.2) is 35.1 Å². The van der Waals surface area contributed by atoms with Crippen molar-refractivity contribution in [3.8, 4) is 11.3 Å². The van der Waals surface area contributed by atoms with Crippen LogP contribution in [-0.2, 0) is 0 Å². The van der Waals surface area contributed by atoms with Crippen molar-refractivity contribution < 1.29 is 0 Å². The van der Waals surface area contributed by atoms with Crippen molar-refractivity contribution in [1.29, 1.82) is 0 Å². The average Bonchev–Trinajstić information content (AvgIpc) is 2.71. The summed E-state index contributed by atoms with van der Waals surface area (Å²) in [6.07, 6.45) is 0. The van der Waals surface area contributed by atoms with Crippen LogP contribution in [0.3, 0.4) is 0 Å². The molecule has 0 saturated heterocycles. The lowest BCUT2D eigenvalue weighted by atomic mass is 10.1. The summed E-state index contributed by atoms with van der Waals surface area (Å²) in [7, 11) is 0. The van der Waals surface area contributed by atoms with Crippen LogP contribution in [-0.4, -0.2) is 14.6 Å². The minimum Gasteiger partial charge on any atom is -0.294 e. The number of nitrogens with one attached hydrogen (secondary N) is 1. The molecule has 0 aliphatic heterocycles. The van der Waals surface area contributed by atoms with Crippen molar-refractivity contribution in [2.75, 3.05) is 0 Å². The van der Waals surface area contributed by atoms with Gasteiger partial charge in [0.25, 0.3) is 5.56 Å². The van der Waals surface area contributed by atoms with Gasteiger partial charge in [0.05, 0.1) is 5.69 Å². The van der Waals surface area contributed by atoms with Crippen LogP contribution < -0.4 is 5.56 Å². The second kappa shape index (κ2) is 4.09. The smallest absolute Gasteiger partial charge is 0.276 e. The molecule has 4 heteroatoms. The normalized spacial score (nSPS) is 11.1. The van der Waals surface area contributed by atoms with E-state index in [9.17, 15) is 4.79 Å². The predicted octanol–water partition coefficient (Wildman–Crippen LogP) is 2.61. The van der Waals surface area contributed by atoms with E-state index in [0.717, 1.165) is 22.5 Å². The van der Waals surface area contributed by atoms with E-state index in [0.29, 0.717) is 11.2 Å². The van der Waals surface area contributed by atoms with E-state index in [1.54, 1.807) is 0 Å². The van der Waals surface area contributed by atoms with Crippen LogP contribution in [0.2, 0.25) is 0 Å². The van der Waals surface area contributed by atoms with Gasteiger partial charge in [0.2, 0.25) is 0 Å². The van der Waals surface area contributed by atoms with E-state index in [2.05, 4.69) is 10.1 Å². The van der Waals surface area contributed by atoms with Gasteiger partial charge < -0.3 is 0 Å². The van der Waals surface area contributed by atoms with E-state index >= 15 is 0 Å². The van der Waals surface area contributed by atoms with Gasteiger partial charge in [0.15, 0.2) is 5.65 Å². The molecule has 0 spiro atoms. The van der Waals surface area contributed by atoms with E-state index in [1.807, 2.05) is 51.1 Å². The molecule has 2 aromatic heterocycles. The molecule has 0 aliphatic rings.